The average molecular weight is 712 g/mol. The first-order valence-electron chi connectivity index (χ1n) is 19.3. The molecule has 0 saturated carbocycles. The fourth-order valence-electron chi connectivity index (χ4n) is 5.89. The van der Waals surface area contributed by atoms with Gasteiger partial charge in [-0.15, -0.1) is 13.2 Å². The molecule has 9 nitrogen and oxygen atoms in total. The molecule has 1 aliphatic heterocycles. The molecule has 4 rings (SSSR count). The van der Waals surface area contributed by atoms with Crippen molar-refractivity contribution >= 4 is 18.5 Å². The summed E-state index contributed by atoms with van der Waals surface area (Å²) in [5, 5.41) is 3.45. The van der Waals surface area contributed by atoms with Crippen molar-refractivity contribution in [3.63, 3.8) is 0 Å². The van der Waals surface area contributed by atoms with E-state index in [1.165, 1.54) is 19.3 Å². The van der Waals surface area contributed by atoms with E-state index in [4.69, 9.17) is 0 Å². The van der Waals surface area contributed by atoms with E-state index >= 15 is 0 Å². The predicted octanol–water partition coefficient (Wildman–Crippen LogP) is 9.53. The molecule has 1 aliphatic rings. The van der Waals surface area contributed by atoms with Crippen LogP contribution in [-0.2, 0) is 13.1 Å². The van der Waals surface area contributed by atoms with Crippen molar-refractivity contribution < 1.29 is 0 Å². The number of aromatic amines is 2. The Balaban J connectivity index is 0.000000457. The van der Waals surface area contributed by atoms with Gasteiger partial charge in [0.25, 0.3) is 0 Å². The molecule has 0 spiro atoms. The van der Waals surface area contributed by atoms with Crippen LogP contribution in [0.2, 0.25) is 0 Å². The third kappa shape index (κ3) is 16.2. The summed E-state index contributed by atoms with van der Waals surface area (Å²) < 4.78 is 0. The smallest absolute Gasteiger partial charge is 0.123 e. The summed E-state index contributed by atoms with van der Waals surface area (Å²) in [5.74, 6) is 3.42. The third-order valence-electron chi connectivity index (χ3n) is 8.92. The lowest BCUT2D eigenvalue weighted by Gasteiger charge is -2.17. The third-order valence-corrected chi connectivity index (χ3v) is 8.92. The second kappa shape index (κ2) is 25.1. The van der Waals surface area contributed by atoms with E-state index in [9.17, 15) is 0 Å². The Morgan fingerprint density at radius 3 is 2.38 bits per heavy atom. The lowest BCUT2D eigenvalue weighted by Crippen LogP contribution is -2.32. The Labute approximate surface area is 316 Å². The lowest BCUT2D eigenvalue weighted by atomic mass is 10.0. The molecule has 3 N–H and O–H groups in total. The van der Waals surface area contributed by atoms with Gasteiger partial charge in [-0.3, -0.25) is 19.8 Å². The van der Waals surface area contributed by atoms with Crippen molar-refractivity contribution in [2.75, 3.05) is 33.7 Å². The first kappa shape index (κ1) is 44.2. The number of imidazole rings is 2. The summed E-state index contributed by atoms with van der Waals surface area (Å²) in [4.78, 5) is 29.2. The van der Waals surface area contributed by atoms with E-state index in [0.29, 0.717) is 24.5 Å². The number of unbranched alkanes of at least 4 members (excludes halogenated alkanes) is 1. The highest BCUT2D eigenvalue weighted by Crippen LogP contribution is 2.30. The van der Waals surface area contributed by atoms with Crippen LogP contribution in [0.15, 0.2) is 78.2 Å². The van der Waals surface area contributed by atoms with Crippen LogP contribution in [0.5, 0.6) is 0 Å². The fourth-order valence-corrected chi connectivity index (χ4v) is 5.89. The number of aromatic nitrogens is 4. The number of allylic oxidation sites excluding steroid dienone is 2. The normalized spacial score (nSPS) is 15.4. The van der Waals surface area contributed by atoms with Crippen molar-refractivity contribution in [3.8, 4) is 11.3 Å². The first-order valence-corrected chi connectivity index (χ1v) is 19.3. The summed E-state index contributed by atoms with van der Waals surface area (Å²) in [6.07, 6.45) is 18.4. The zero-order valence-electron chi connectivity index (χ0n) is 33.7. The van der Waals surface area contributed by atoms with E-state index in [0.717, 1.165) is 91.1 Å². The maximum absolute atomic E-state index is 4.64. The fraction of sp³-hybridized carbons (Fsp3) is 0.535. The molecule has 52 heavy (non-hydrogen) atoms. The highest BCUT2D eigenvalue weighted by atomic mass is 15.2. The van der Waals surface area contributed by atoms with Crippen molar-refractivity contribution in [2.45, 2.75) is 105 Å². The largest absolute Gasteiger partial charge is 0.341 e. The molecule has 0 radical (unpaired) electrons. The summed E-state index contributed by atoms with van der Waals surface area (Å²) in [6.45, 7) is 28.8. The van der Waals surface area contributed by atoms with E-state index in [-0.39, 0.29) is 0 Å². The second-order valence-corrected chi connectivity index (χ2v) is 14.5. The van der Waals surface area contributed by atoms with Gasteiger partial charge in [0, 0.05) is 24.0 Å². The number of H-pyrrole nitrogens is 2. The van der Waals surface area contributed by atoms with Gasteiger partial charge in [0.1, 0.15) is 11.6 Å². The highest BCUT2D eigenvalue weighted by molar-refractivity contribution is 6.08. The molecular weight excluding hydrogens is 643 g/mol. The standard InChI is InChI=1S/C27H36N8.C10H21N.C6H12/c1-5-12-34(3)19-26-30-17-24(32-26)22(15-28-2)16-29-14-20-8-10-21(11-9-20)23-18-31-27(33-23)25-7-6-13-35(25)4;1-5-7-8-11-10(6-2)9(3)4;1-4-5-6(2)3/h8-11,15-18,25H,2,5-7,12-14,19H2,1,3-4H3,(H,30,32)(H,31,33);6,9-11H,2,5,7-8H2,1,3-4H3;4,6H,1,5H2,2-3H3/b22-15+,29-16?;;/t;10-;/m.1./s1. The van der Waals surface area contributed by atoms with Gasteiger partial charge < -0.3 is 15.3 Å². The highest BCUT2D eigenvalue weighted by Gasteiger charge is 2.25. The van der Waals surface area contributed by atoms with E-state index in [1.54, 1.807) is 6.20 Å². The van der Waals surface area contributed by atoms with Gasteiger partial charge in [-0.1, -0.05) is 84.4 Å². The van der Waals surface area contributed by atoms with Crippen LogP contribution in [0, 0.1) is 11.8 Å². The van der Waals surface area contributed by atoms with Crippen molar-refractivity contribution in [2.24, 2.45) is 21.8 Å². The van der Waals surface area contributed by atoms with Crippen LogP contribution in [-0.4, -0.2) is 82.4 Å². The number of benzene rings is 1. The van der Waals surface area contributed by atoms with Gasteiger partial charge in [0.2, 0.25) is 0 Å². The van der Waals surface area contributed by atoms with Gasteiger partial charge in [0.05, 0.1) is 42.9 Å². The summed E-state index contributed by atoms with van der Waals surface area (Å²) >= 11 is 0. The summed E-state index contributed by atoms with van der Waals surface area (Å²) in [7, 11) is 4.26. The van der Waals surface area contributed by atoms with Crippen LogP contribution in [0.1, 0.15) is 109 Å². The number of hydrogen-bond donors (Lipinski definition) is 3. The molecule has 0 aliphatic carbocycles. The molecule has 1 fully saturated rings. The van der Waals surface area contributed by atoms with Gasteiger partial charge >= 0.3 is 0 Å². The van der Waals surface area contributed by atoms with Crippen LogP contribution in [0.3, 0.4) is 0 Å². The molecule has 0 amide bonds. The Kier molecular flexibility index (Phi) is 21.4. The van der Waals surface area contributed by atoms with Gasteiger partial charge in [-0.05, 0) is 95.5 Å². The molecule has 2 aromatic heterocycles. The molecular formula is C43H69N9. The molecule has 9 heteroatoms. The topological polar surface area (TPSA) is 101 Å². The van der Waals surface area contributed by atoms with Crippen LogP contribution < -0.4 is 5.32 Å². The second-order valence-electron chi connectivity index (χ2n) is 14.5. The number of nitrogens with zero attached hydrogens (tertiary/aromatic N) is 6. The number of hydrogen-bond acceptors (Lipinski definition) is 7. The molecule has 1 aromatic carbocycles. The maximum atomic E-state index is 4.64. The lowest BCUT2D eigenvalue weighted by molar-refractivity contribution is 0.307. The van der Waals surface area contributed by atoms with Gasteiger partial charge in [-0.2, -0.15) is 0 Å². The molecule has 1 saturated heterocycles. The van der Waals surface area contributed by atoms with Crippen molar-refractivity contribution in [3.05, 3.63) is 91.1 Å². The van der Waals surface area contributed by atoms with Crippen LogP contribution in [0.25, 0.3) is 16.8 Å². The Hall–Kier alpha value is -3.92. The summed E-state index contributed by atoms with van der Waals surface area (Å²) in [6, 6.07) is 9.35. The van der Waals surface area contributed by atoms with Crippen LogP contribution >= 0.6 is 0 Å². The number of nitrogens with one attached hydrogen (secondary N) is 3. The van der Waals surface area contributed by atoms with Crippen molar-refractivity contribution in [1.82, 2.24) is 35.1 Å². The number of aliphatic imine (C=N–C) groups is 2. The van der Waals surface area contributed by atoms with Crippen LogP contribution in [0.4, 0.5) is 0 Å². The molecule has 3 heterocycles. The molecule has 1 unspecified atom stereocenters. The molecule has 0 bridgehead atoms. The quantitative estimate of drug-likeness (QED) is 0.0654. The number of rotatable bonds is 19. The monoisotopic (exact) mass is 712 g/mol. The maximum Gasteiger partial charge on any atom is 0.123 e. The zero-order chi connectivity index (χ0) is 38.3. The molecule has 3 aromatic rings. The Morgan fingerprint density at radius 1 is 1.08 bits per heavy atom. The minimum absolute atomic E-state index is 0.396. The summed E-state index contributed by atoms with van der Waals surface area (Å²) in [5.41, 5.74) is 5.07. The first-order chi connectivity index (χ1) is 25.1. The minimum Gasteiger partial charge on any atom is -0.341 e. The predicted molar refractivity (Wildman–Crippen MR) is 225 cm³/mol. The Morgan fingerprint density at radius 2 is 1.83 bits per heavy atom. The number of likely N-dealkylation sites (tertiary alicyclic amines) is 1. The molecule has 2 atom stereocenters. The minimum atomic E-state index is 0.396. The average Bonchev–Trinajstić information content (AvgIpc) is 3.89. The Bertz CT molecular complexity index is 1480. The van der Waals surface area contributed by atoms with Gasteiger partial charge in [-0.25, -0.2) is 9.97 Å². The zero-order valence-corrected chi connectivity index (χ0v) is 33.7. The van der Waals surface area contributed by atoms with Crippen molar-refractivity contribution in [1.29, 1.82) is 0 Å². The SMILES string of the molecule is C=CCC(C)C.C=C[C@@H](NCCCC)C(C)C.C=N/C=C(\C=NCc1ccc(-c2cnc(C3CCCN3C)[nH]2)cc1)c1cnc(CN(C)CCC)[nH]1. The van der Waals surface area contributed by atoms with E-state index in [1.807, 2.05) is 30.8 Å². The van der Waals surface area contributed by atoms with E-state index < -0.39 is 0 Å². The van der Waals surface area contributed by atoms with E-state index in [2.05, 4.69) is 145 Å². The van der Waals surface area contributed by atoms with Gasteiger partial charge in [0.15, 0.2) is 0 Å². The molecule has 286 valence electrons.